The highest BCUT2D eigenvalue weighted by Crippen LogP contribution is 2.36. The first-order valence-electron chi connectivity index (χ1n) is 5.50. The van der Waals surface area contributed by atoms with Crippen LogP contribution < -0.4 is 0 Å². The smallest absolute Gasteiger partial charge is 0.134 e. The molecular formula is C11H18O2S. The summed E-state index contributed by atoms with van der Waals surface area (Å²) in [5, 5.41) is 1.20. The molecule has 1 saturated heterocycles. The van der Waals surface area contributed by atoms with Gasteiger partial charge in [0.2, 0.25) is 0 Å². The van der Waals surface area contributed by atoms with Crippen molar-refractivity contribution in [2.45, 2.75) is 43.1 Å². The Labute approximate surface area is 89.8 Å². The third-order valence-electron chi connectivity index (χ3n) is 3.20. The Morgan fingerprint density at radius 2 is 2.29 bits per heavy atom. The van der Waals surface area contributed by atoms with Crippen molar-refractivity contribution >= 4 is 17.5 Å². The highest BCUT2D eigenvalue weighted by atomic mass is 32.2. The van der Waals surface area contributed by atoms with Gasteiger partial charge in [0.1, 0.15) is 5.78 Å². The van der Waals surface area contributed by atoms with Gasteiger partial charge in [-0.25, -0.2) is 0 Å². The second kappa shape index (κ2) is 4.67. The van der Waals surface area contributed by atoms with Crippen molar-refractivity contribution in [2.75, 3.05) is 13.2 Å². The SMILES string of the molecule is CC1CCC(=O)CC1SC1CCOC1. The van der Waals surface area contributed by atoms with Crippen LogP contribution in [0.25, 0.3) is 0 Å². The number of carbonyl (C=O) groups excluding carboxylic acids is 1. The molecule has 3 atom stereocenters. The highest BCUT2D eigenvalue weighted by molar-refractivity contribution is 8.00. The molecule has 0 amide bonds. The molecule has 0 bridgehead atoms. The van der Waals surface area contributed by atoms with Gasteiger partial charge in [0, 0.05) is 29.9 Å². The molecule has 2 rings (SSSR count). The first-order chi connectivity index (χ1) is 6.75. The second-order valence-electron chi connectivity index (χ2n) is 4.42. The number of thioether (sulfide) groups is 1. The highest BCUT2D eigenvalue weighted by Gasteiger charge is 2.30. The fourth-order valence-electron chi connectivity index (χ4n) is 2.15. The molecule has 0 spiro atoms. The molecule has 1 aliphatic heterocycles. The van der Waals surface area contributed by atoms with Gasteiger partial charge < -0.3 is 4.74 Å². The van der Waals surface area contributed by atoms with E-state index in [1.165, 1.54) is 6.42 Å². The van der Waals surface area contributed by atoms with Crippen LogP contribution in [0, 0.1) is 5.92 Å². The fourth-order valence-corrected chi connectivity index (χ4v) is 3.74. The second-order valence-corrected chi connectivity index (χ2v) is 5.96. The monoisotopic (exact) mass is 214 g/mol. The fraction of sp³-hybridized carbons (Fsp3) is 0.909. The summed E-state index contributed by atoms with van der Waals surface area (Å²) in [6.45, 7) is 4.08. The molecule has 0 N–H and O–H groups in total. The van der Waals surface area contributed by atoms with Gasteiger partial charge in [-0.3, -0.25) is 4.79 Å². The van der Waals surface area contributed by atoms with E-state index in [0.29, 0.717) is 22.2 Å². The van der Waals surface area contributed by atoms with Crippen molar-refractivity contribution in [3.63, 3.8) is 0 Å². The van der Waals surface area contributed by atoms with Gasteiger partial charge in [0.15, 0.2) is 0 Å². The Bertz CT molecular complexity index is 211. The number of hydrogen-bond donors (Lipinski definition) is 0. The van der Waals surface area contributed by atoms with E-state index in [2.05, 4.69) is 6.92 Å². The number of Topliss-reactive ketones (excluding diaryl/α,β-unsaturated/α-hetero) is 1. The van der Waals surface area contributed by atoms with E-state index in [0.717, 1.165) is 32.5 Å². The standard InChI is InChI=1S/C11H18O2S/c1-8-2-3-9(12)6-11(8)14-10-4-5-13-7-10/h8,10-11H,2-7H2,1H3. The van der Waals surface area contributed by atoms with Crippen LogP contribution in [0.15, 0.2) is 0 Å². The zero-order valence-corrected chi connectivity index (χ0v) is 9.52. The van der Waals surface area contributed by atoms with Crippen LogP contribution in [0.4, 0.5) is 0 Å². The van der Waals surface area contributed by atoms with E-state index < -0.39 is 0 Å². The van der Waals surface area contributed by atoms with Crippen molar-refractivity contribution in [2.24, 2.45) is 5.92 Å². The lowest BCUT2D eigenvalue weighted by Gasteiger charge is -2.29. The predicted molar refractivity (Wildman–Crippen MR) is 58.6 cm³/mol. The molecule has 1 aliphatic carbocycles. The molecule has 0 aromatic rings. The molecule has 1 saturated carbocycles. The minimum atomic E-state index is 0.458. The minimum absolute atomic E-state index is 0.458. The van der Waals surface area contributed by atoms with E-state index in [1.807, 2.05) is 11.8 Å². The third-order valence-corrected chi connectivity index (χ3v) is 4.93. The average molecular weight is 214 g/mol. The van der Waals surface area contributed by atoms with Gasteiger partial charge in [-0.05, 0) is 18.8 Å². The first-order valence-corrected chi connectivity index (χ1v) is 6.45. The normalized spacial score (nSPS) is 38.9. The van der Waals surface area contributed by atoms with E-state index in [-0.39, 0.29) is 0 Å². The van der Waals surface area contributed by atoms with Gasteiger partial charge in [-0.2, -0.15) is 11.8 Å². The maximum absolute atomic E-state index is 11.3. The summed E-state index contributed by atoms with van der Waals surface area (Å²) in [6.07, 6.45) is 3.86. The summed E-state index contributed by atoms with van der Waals surface area (Å²) in [7, 11) is 0. The van der Waals surface area contributed by atoms with Crippen molar-refractivity contribution in [3.8, 4) is 0 Å². The van der Waals surface area contributed by atoms with E-state index >= 15 is 0 Å². The molecular weight excluding hydrogens is 196 g/mol. The molecule has 2 aliphatic rings. The van der Waals surface area contributed by atoms with Crippen molar-refractivity contribution < 1.29 is 9.53 Å². The maximum Gasteiger partial charge on any atom is 0.134 e. The van der Waals surface area contributed by atoms with Gasteiger partial charge in [-0.1, -0.05) is 6.92 Å². The third kappa shape index (κ3) is 2.51. The molecule has 3 heteroatoms. The Hall–Kier alpha value is -0.0200. The Balaban J connectivity index is 1.84. The summed E-state index contributed by atoms with van der Waals surface area (Å²) < 4.78 is 5.35. The van der Waals surface area contributed by atoms with Gasteiger partial charge >= 0.3 is 0 Å². The number of hydrogen-bond acceptors (Lipinski definition) is 3. The maximum atomic E-state index is 11.3. The first kappa shape index (κ1) is 10.5. The lowest BCUT2D eigenvalue weighted by Crippen LogP contribution is -2.27. The summed E-state index contributed by atoms with van der Waals surface area (Å²) in [5.74, 6) is 1.16. The molecule has 1 heterocycles. The number of carbonyl (C=O) groups is 1. The molecule has 0 aromatic heterocycles. The molecule has 0 aromatic carbocycles. The van der Waals surface area contributed by atoms with Crippen LogP contribution in [0.1, 0.15) is 32.6 Å². The molecule has 2 fully saturated rings. The van der Waals surface area contributed by atoms with Gasteiger partial charge in [0.25, 0.3) is 0 Å². The molecule has 14 heavy (non-hydrogen) atoms. The van der Waals surface area contributed by atoms with Crippen molar-refractivity contribution in [3.05, 3.63) is 0 Å². The molecule has 80 valence electrons. The Kier molecular flexibility index (Phi) is 3.50. The van der Waals surface area contributed by atoms with E-state index in [9.17, 15) is 4.79 Å². The van der Waals surface area contributed by atoms with Crippen molar-refractivity contribution in [1.82, 2.24) is 0 Å². The predicted octanol–water partition coefficient (Wildman–Crippen LogP) is 2.27. The van der Waals surface area contributed by atoms with Crippen LogP contribution in [-0.2, 0) is 9.53 Å². The summed E-state index contributed by atoms with van der Waals surface area (Å²) in [6, 6.07) is 0. The van der Waals surface area contributed by atoms with Gasteiger partial charge in [0.05, 0.1) is 6.61 Å². The number of rotatable bonds is 2. The summed E-state index contributed by atoms with van der Waals surface area (Å²) >= 11 is 1.99. The zero-order chi connectivity index (χ0) is 9.97. The van der Waals surface area contributed by atoms with Crippen molar-refractivity contribution in [1.29, 1.82) is 0 Å². The topological polar surface area (TPSA) is 26.3 Å². The van der Waals surface area contributed by atoms with E-state index in [1.54, 1.807) is 0 Å². The Morgan fingerprint density at radius 1 is 1.43 bits per heavy atom. The van der Waals surface area contributed by atoms with Crippen LogP contribution in [0.3, 0.4) is 0 Å². The summed E-state index contributed by atoms with van der Waals surface area (Å²) in [5.41, 5.74) is 0. The van der Waals surface area contributed by atoms with Crippen LogP contribution >= 0.6 is 11.8 Å². The average Bonchev–Trinajstić information content (AvgIpc) is 2.64. The lowest BCUT2D eigenvalue weighted by atomic mass is 9.89. The minimum Gasteiger partial charge on any atom is -0.380 e. The Morgan fingerprint density at radius 3 is 3.00 bits per heavy atom. The summed E-state index contributed by atoms with van der Waals surface area (Å²) in [4.78, 5) is 11.3. The van der Waals surface area contributed by atoms with Gasteiger partial charge in [-0.15, -0.1) is 0 Å². The van der Waals surface area contributed by atoms with E-state index in [4.69, 9.17) is 4.74 Å². The van der Waals surface area contributed by atoms with Crippen LogP contribution in [0.2, 0.25) is 0 Å². The molecule has 3 unspecified atom stereocenters. The quantitative estimate of drug-likeness (QED) is 0.705. The lowest BCUT2D eigenvalue weighted by molar-refractivity contribution is -0.120. The van der Waals surface area contributed by atoms with Crippen LogP contribution in [0.5, 0.6) is 0 Å². The largest absolute Gasteiger partial charge is 0.380 e. The number of ketones is 1. The molecule has 0 radical (unpaired) electrons. The van der Waals surface area contributed by atoms with Crippen LogP contribution in [-0.4, -0.2) is 29.5 Å². The number of ether oxygens (including phenoxy) is 1. The molecule has 2 nitrogen and oxygen atoms in total. The zero-order valence-electron chi connectivity index (χ0n) is 8.70.